The predicted octanol–water partition coefficient (Wildman–Crippen LogP) is 1.60. The van der Waals surface area contributed by atoms with Gasteiger partial charge in [0.2, 0.25) is 5.91 Å². The van der Waals surface area contributed by atoms with Crippen molar-refractivity contribution in [3.05, 3.63) is 48.0 Å². The summed E-state index contributed by atoms with van der Waals surface area (Å²) in [5, 5.41) is 18.8. The Kier molecular flexibility index (Phi) is 5.93. The van der Waals surface area contributed by atoms with Crippen LogP contribution in [0.15, 0.2) is 42.5 Å². The Morgan fingerprint density at radius 1 is 1.25 bits per heavy atom. The first-order chi connectivity index (χ1) is 9.47. The molecule has 0 saturated heterocycles. The zero-order valence-corrected chi connectivity index (χ0v) is 11.6. The molecule has 0 radical (unpaired) electrons. The first kappa shape index (κ1) is 15.9. The summed E-state index contributed by atoms with van der Waals surface area (Å²) in [5.74, 6) is -1.61. The van der Waals surface area contributed by atoms with Crippen molar-refractivity contribution in [1.29, 1.82) is 0 Å². The van der Waals surface area contributed by atoms with Gasteiger partial charge in [-0.1, -0.05) is 30.3 Å². The van der Waals surface area contributed by atoms with Gasteiger partial charge in [0.15, 0.2) is 0 Å². The zero-order chi connectivity index (χ0) is 15.1. The van der Waals surface area contributed by atoms with E-state index in [0.29, 0.717) is 12.1 Å². The molecule has 0 saturated carbocycles. The quantitative estimate of drug-likeness (QED) is 0.774. The Labute approximate surface area is 118 Å². The number of amides is 1. The number of carbonyl (C=O) groups excluding carboxylic acids is 1. The van der Waals surface area contributed by atoms with Crippen molar-refractivity contribution in [3.8, 4) is 0 Å². The third kappa shape index (κ3) is 4.20. The number of rotatable bonds is 6. The van der Waals surface area contributed by atoms with Gasteiger partial charge in [-0.05, 0) is 19.4 Å². The molecule has 2 N–H and O–H groups in total. The Morgan fingerprint density at radius 2 is 1.85 bits per heavy atom. The van der Waals surface area contributed by atoms with Gasteiger partial charge in [0.05, 0.1) is 12.1 Å². The summed E-state index contributed by atoms with van der Waals surface area (Å²) in [4.78, 5) is 23.8. The third-order valence-corrected chi connectivity index (χ3v) is 3.08. The first-order valence-corrected chi connectivity index (χ1v) is 6.42. The van der Waals surface area contributed by atoms with Gasteiger partial charge >= 0.3 is 5.97 Å². The summed E-state index contributed by atoms with van der Waals surface area (Å²) in [7, 11) is 0. The van der Waals surface area contributed by atoms with Crippen molar-refractivity contribution in [3.63, 3.8) is 0 Å². The second kappa shape index (κ2) is 7.45. The lowest BCUT2D eigenvalue weighted by atomic mass is 10.0. The van der Waals surface area contributed by atoms with Gasteiger partial charge < -0.3 is 15.1 Å². The van der Waals surface area contributed by atoms with Gasteiger partial charge in [0.1, 0.15) is 0 Å². The number of aliphatic hydroxyl groups is 1. The van der Waals surface area contributed by atoms with Gasteiger partial charge in [-0.3, -0.25) is 4.79 Å². The Morgan fingerprint density at radius 3 is 2.35 bits per heavy atom. The molecule has 1 amide bonds. The van der Waals surface area contributed by atoms with Crippen LogP contribution in [0, 0.1) is 0 Å². The number of aliphatic carboxylic acids is 1. The van der Waals surface area contributed by atoms with E-state index in [1.165, 1.54) is 4.90 Å². The van der Waals surface area contributed by atoms with Crippen molar-refractivity contribution >= 4 is 11.9 Å². The fourth-order valence-electron chi connectivity index (χ4n) is 1.98. The molecule has 0 bridgehead atoms. The van der Waals surface area contributed by atoms with Crippen LogP contribution < -0.4 is 0 Å². The smallest absolute Gasteiger partial charge is 0.328 e. The monoisotopic (exact) mass is 277 g/mol. The highest BCUT2D eigenvalue weighted by Crippen LogP contribution is 2.20. The van der Waals surface area contributed by atoms with E-state index in [4.69, 9.17) is 5.11 Å². The molecule has 1 rings (SSSR count). The number of carboxylic acid groups (broad SMARTS) is 1. The SMILES string of the molecule is CCN(C(=O)C=CC(=O)O)C(C)C(O)c1ccccc1. The van der Waals surface area contributed by atoms with Crippen molar-refractivity contribution < 1.29 is 19.8 Å². The van der Waals surface area contributed by atoms with E-state index < -0.39 is 24.0 Å². The molecule has 2 unspecified atom stereocenters. The fraction of sp³-hybridized carbons (Fsp3) is 0.333. The molecule has 0 spiro atoms. The molecule has 1 aromatic carbocycles. The average molecular weight is 277 g/mol. The first-order valence-electron chi connectivity index (χ1n) is 6.42. The highest BCUT2D eigenvalue weighted by atomic mass is 16.4. The molecule has 20 heavy (non-hydrogen) atoms. The largest absolute Gasteiger partial charge is 0.478 e. The maximum absolute atomic E-state index is 11.9. The number of hydrogen-bond acceptors (Lipinski definition) is 3. The Hall–Kier alpha value is -2.14. The van der Waals surface area contributed by atoms with E-state index in [9.17, 15) is 14.7 Å². The van der Waals surface area contributed by atoms with Crippen LogP contribution in [-0.4, -0.2) is 39.6 Å². The lowest BCUT2D eigenvalue weighted by molar-refractivity contribution is -0.133. The van der Waals surface area contributed by atoms with E-state index in [-0.39, 0.29) is 0 Å². The molecule has 0 aliphatic rings. The van der Waals surface area contributed by atoms with Crippen LogP contribution in [0.3, 0.4) is 0 Å². The van der Waals surface area contributed by atoms with Crippen molar-refractivity contribution in [2.24, 2.45) is 0 Å². The molecule has 108 valence electrons. The van der Waals surface area contributed by atoms with Gasteiger partial charge in [-0.2, -0.15) is 0 Å². The minimum absolute atomic E-state index is 0.383. The molecule has 0 aliphatic carbocycles. The van der Waals surface area contributed by atoms with E-state index in [2.05, 4.69) is 0 Å². The predicted molar refractivity (Wildman–Crippen MR) is 75.0 cm³/mol. The highest BCUT2D eigenvalue weighted by Gasteiger charge is 2.24. The standard InChI is InChI=1S/C15H19NO4/c1-3-16(13(17)9-10-14(18)19)11(2)15(20)12-7-5-4-6-8-12/h4-11,15,20H,3H2,1-2H3,(H,18,19). The summed E-state index contributed by atoms with van der Waals surface area (Å²) in [6, 6.07) is 8.59. The number of hydrogen-bond donors (Lipinski definition) is 2. The van der Waals surface area contributed by atoms with E-state index in [0.717, 1.165) is 12.2 Å². The molecule has 0 heterocycles. The third-order valence-electron chi connectivity index (χ3n) is 3.08. The number of nitrogens with zero attached hydrogens (tertiary/aromatic N) is 1. The normalized spacial score (nSPS) is 13.9. The molecule has 0 aliphatic heterocycles. The van der Waals surface area contributed by atoms with Crippen LogP contribution in [0.2, 0.25) is 0 Å². The number of carbonyl (C=O) groups is 2. The summed E-state index contributed by atoms with van der Waals surface area (Å²) in [6.45, 7) is 3.89. The molecule has 0 fully saturated rings. The number of carboxylic acids is 1. The molecule has 5 heteroatoms. The Bertz CT molecular complexity index is 484. The molecule has 2 atom stereocenters. The van der Waals surface area contributed by atoms with Crippen LogP contribution in [0.4, 0.5) is 0 Å². The zero-order valence-electron chi connectivity index (χ0n) is 11.6. The summed E-state index contributed by atoms with van der Waals surface area (Å²) >= 11 is 0. The molecule has 0 aromatic heterocycles. The van der Waals surface area contributed by atoms with E-state index in [1.54, 1.807) is 26.0 Å². The van der Waals surface area contributed by atoms with Crippen molar-refractivity contribution in [1.82, 2.24) is 4.90 Å². The topological polar surface area (TPSA) is 77.8 Å². The van der Waals surface area contributed by atoms with Gasteiger partial charge in [0.25, 0.3) is 0 Å². The maximum atomic E-state index is 11.9. The minimum Gasteiger partial charge on any atom is -0.478 e. The van der Waals surface area contributed by atoms with E-state index >= 15 is 0 Å². The number of aliphatic hydroxyl groups excluding tert-OH is 1. The second-order valence-corrected chi connectivity index (χ2v) is 4.39. The van der Waals surface area contributed by atoms with Crippen LogP contribution in [-0.2, 0) is 9.59 Å². The lowest BCUT2D eigenvalue weighted by Crippen LogP contribution is -2.41. The summed E-state index contributed by atoms with van der Waals surface area (Å²) in [5.41, 5.74) is 0.716. The van der Waals surface area contributed by atoms with E-state index in [1.807, 2.05) is 18.2 Å². The van der Waals surface area contributed by atoms with Gasteiger partial charge in [-0.15, -0.1) is 0 Å². The summed E-state index contributed by atoms with van der Waals surface area (Å²) in [6.07, 6.45) is 0.977. The minimum atomic E-state index is -1.18. The molecule has 5 nitrogen and oxygen atoms in total. The molecular formula is C15H19NO4. The molecular weight excluding hydrogens is 258 g/mol. The van der Waals surface area contributed by atoms with Crippen molar-refractivity contribution in [2.45, 2.75) is 26.0 Å². The van der Waals surface area contributed by atoms with Crippen LogP contribution in [0.25, 0.3) is 0 Å². The summed E-state index contributed by atoms with van der Waals surface area (Å²) < 4.78 is 0. The molecule has 1 aromatic rings. The maximum Gasteiger partial charge on any atom is 0.328 e. The number of benzene rings is 1. The average Bonchev–Trinajstić information content (AvgIpc) is 2.45. The van der Waals surface area contributed by atoms with Gasteiger partial charge in [-0.25, -0.2) is 4.79 Å². The van der Waals surface area contributed by atoms with Crippen molar-refractivity contribution in [2.75, 3.05) is 6.54 Å². The van der Waals surface area contributed by atoms with Gasteiger partial charge in [0, 0.05) is 18.7 Å². The van der Waals surface area contributed by atoms with Crippen LogP contribution in [0.5, 0.6) is 0 Å². The second-order valence-electron chi connectivity index (χ2n) is 4.39. The Balaban J connectivity index is 2.84. The van der Waals surface area contributed by atoms with Crippen LogP contribution in [0.1, 0.15) is 25.5 Å². The lowest BCUT2D eigenvalue weighted by Gasteiger charge is -2.31. The van der Waals surface area contributed by atoms with Crippen LogP contribution >= 0.6 is 0 Å². The number of likely N-dealkylation sites (N-methyl/N-ethyl adjacent to an activating group) is 1. The highest BCUT2D eigenvalue weighted by molar-refractivity contribution is 5.94. The fourth-order valence-corrected chi connectivity index (χ4v) is 1.98.